The number of nitrogens with zero attached hydrogens (tertiary/aromatic N) is 4. The molecule has 1 amide bonds. The minimum atomic E-state index is -3.75. The minimum absolute atomic E-state index is 0.0940. The number of amides is 1. The summed E-state index contributed by atoms with van der Waals surface area (Å²) in [6, 6.07) is 11.7. The second-order valence-electron chi connectivity index (χ2n) is 8.67. The fraction of sp³-hybridized carbons (Fsp3) is 0.375. The van der Waals surface area contributed by atoms with Crippen LogP contribution in [0.3, 0.4) is 0 Å². The van der Waals surface area contributed by atoms with Crippen LogP contribution >= 0.6 is 0 Å². The van der Waals surface area contributed by atoms with E-state index in [0.29, 0.717) is 29.7 Å². The second-order valence-corrected chi connectivity index (χ2v) is 10.6. The van der Waals surface area contributed by atoms with Gasteiger partial charge in [-0.25, -0.2) is 13.1 Å². The summed E-state index contributed by atoms with van der Waals surface area (Å²) in [7, 11) is -2.25. The number of aromatic nitrogens is 2. The summed E-state index contributed by atoms with van der Waals surface area (Å²) in [5, 5.41) is 7.92. The molecule has 0 atom stereocenters. The maximum Gasteiger partial charge on any atom is 0.276 e. The molecule has 1 aromatic heterocycles. The van der Waals surface area contributed by atoms with Crippen molar-refractivity contribution in [1.82, 2.24) is 14.1 Å². The average molecular weight is 498 g/mol. The quantitative estimate of drug-likeness (QED) is 0.572. The summed E-state index contributed by atoms with van der Waals surface area (Å²) in [4.78, 5) is 28.2. The van der Waals surface area contributed by atoms with E-state index in [4.69, 9.17) is 4.74 Å². The maximum atomic E-state index is 13.4. The Balaban J connectivity index is 1.56. The van der Waals surface area contributed by atoms with Crippen LogP contribution in [0.2, 0.25) is 0 Å². The van der Waals surface area contributed by atoms with Gasteiger partial charge in [-0.2, -0.15) is 9.40 Å². The first-order valence-electron chi connectivity index (χ1n) is 11.6. The van der Waals surface area contributed by atoms with Gasteiger partial charge in [-0.15, -0.1) is 0 Å². The number of hydrogen-bond acceptors (Lipinski definition) is 7. The highest BCUT2D eigenvalue weighted by atomic mass is 32.2. The molecular formula is C24H27N5O5S. The number of morpholine rings is 1. The number of benzene rings is 2. The summed E-state index contributed by atoms with van der Waals surface area (Å²) in [6.07, 6.45) is 2.04. The van der Waals surface area contributed by atoms with Crippen molar-refractivity contribution >= 4 is 38.1 Å². The Morgan fingerprint density at radius 1 is 1.00 bits per heavy atom. The second kappa shape index (κ2) is 9.40. The van der Waals surface area contributed by atoms with Crippen molar-refractivity contribution in [3.63, 3.8) is 0 Å². The van der Waals surface area contributed by atoms with Crippen molar-refractivity contribution in [2.24, 2.45) is 7.05 Å². The molecule has 35 heavy (non-hydrogen) atoms. The van der Waals surface area contributed by atoms with E-state index in [1.54, 1.807) is 36.4 Å². The predicted molar refractivity (Wildman–Crippen MR) is 132 cm³/mol. The first-order valence-corrected chi connectivity index (χ1v) is 13.0. The Bertz CT molecular complexity index is 1440. The van der Waals surface area contributed by atoms with Gasteiger partial charge in [0.25, 0.3) is 11.5 Å². The highest BCUT2D eigenvalue weighted by Crippen LogP contribution is 2.33. The molecule has 0 aliphatic carbocycles. The smallest absolute Gasteiger partial charge is 0.276 e. The molecule has 1 N–H and O–H groups in total. The van der Waals surface area contributed by atoms with Crippen LogP contribution in [0.15, 0.2) is 52.2 Å². The third kappa shape index (κ3) is 4.42. The summed E-state index contributed by atoms with van der Waals surface area (Å²) < 4.78 is 34.4. The summed E-state index contributed by atoms with van der Waals surface area (Å²) >= 11 is 0. The van der Waals surface area contributed by atoms with Crippen LogP contribution in [-0.4, -0.2) is 67.8 Å². The fourth-order valence-corrected chi connectivity index (χ4v) is 6.03. The van der Waals surface area contributed by atoms with E-state index in [1.165, 1.54) is 17.4 Å². The summed E-state index contributed by atoms with van der Waals surface area (Å²) in [5.74, 6) is -0.516. The number of sulfonamides is 1. The lowest BCUT2D eigenvalue weighted by molar-refractivity contribution is 0.0730. The molecule has 11 heteroatoms. The number of aryl methyl sites for hydroxylation is 1. The van der Waals surface area contributed by atoms with E-state index >= 15 is 0 Å². The van der Waals surface area contributed by atoms with Gasteiger partial charge in [0.1, 0.15) is 0 Å². The van der Waals surface area contributed by atoms with E-state index in [-0.39, 0.29) is 29.2 Å². The van der Waals surface area contributed by atoms with Crippen molar-refractivity contribution in [1.29, 1.82) is 0 Å². The molecule has 0 radical (unpaired) electrons. The summed E-state index contributed by atoms with van der Waals surface area (Å²) in [6.45, 7) is 2.90. The number of fused-ring (bicyclic) bond motifs is 1. The number of rotatable bonds is 5. The normalized spacial score (nSPS) is 17.1. The minimum Gasteiger partial charge on any atom is -0.379 e. The molecule has 5 rings (SSSR count). The largest absolute Gasteiger partial charge is 0.379 e. The monoisotopic (exact) mass is 497 g/mol. The van der Waals surface area contributed by atoms with Crippen molar-refractivity contribution in [2.75, 3.05) is 49.6 Å². The first kappa shape index (κ1) is 23.5. The van der Waals surface area contributed by atoms with Crippen molar-refractivity contribution < 1.29 is 17.9 Å². The number of ether oxygens (including phenoxy) is 1. The average Bonchev–Trinajstić information content (AvgIpc) is 3.41. The Morgan fingerprint density at radius 3 is 2.40 bits per heavy atom. The molecule has 2 aromatic carbocycles. The van der Waals surface area contributed by atoms with E-state index in [2.05, 4.69) is 15.3 Å². The van der Waals surface area contributed by atoms with Gasteiger partial charge in [-0.1, -0.05) is 18.2 Å². The lowest BCUT2D eigenvalue weighted by atomic mass is 10.1. The van der Waals surface area contributed by atoms with Crippen LogP contribution in [-0.2, 0) is 21.8 Å². The number of carbonyl (C=O) groups excluding carboxylic acids is 1. The zero-order chi connectivity index (χ0) is 24.6. The van der Waals surface area contributed by atoms with E-state index in [9.17, 15) is 18.0 Å². The van der Waals surface area contributed by atoms with Gasteiger partial charge >= 0.3 is 0 Å². The third-order valence-electron chi connectivity index (χ3n) is 6.44. The first-order chi connectivity index (χ1) is 16.9. The SMILES string of the molecule is Cn1nc(C(=O)Nc2cc(S(=O)(=O)N3CCOCC3)ccc2N2CCCC2)c2ccccc2c1=O. The molecule has 184 valence electrons. The Morgan fingerprint density at radius 2 is 1.69 bits per heavy atom. The third-order valence-corrected chi connectivity index (χ3v) is 8.34. The highest BCUT2D eigenvalue weighted by molar-refractivity contribution is 7.89. The van der Waals surface area contributed by atoms with Crippen LogP contribution in [0.5, 0.6) is 0 Å². The lowest BCUT2D eigenvalue weighted by Gasteiger charge is -2.27. The van der Waals surface area contributed by atoms with Gasteiger partial charge < -0.3 is 15.0 Å². The molecule has 0 bridgehead atoms. The van der Waals surface area contributed by atoms with Gasteiger partial charge in [0.05, 0.1) is 34.9 Å². The van der Waals surface area contributed by atoms with Crippen LogP contribution in [0.1, 0.15) is 23.3 Å². The Hall–Kier alpha value is -3.28. The van der Waals surface area contributed by atoms with Crippen molar-refractivity contribution in [2.45, 2.75) is 17.7 Å². The molecule has 2 aliphatic rings. The van der Waals surface area contributed by atoms with E-state index < -0.39 is 15.9 Å². The number of carbonyl (C=O) groups is 1. The molecule has 10 nitrogen and oxygen atoms in total. The predicted octanol–water partition coefficient (Wildman–Crippen LogP) is 1.81. The zero-order valence-corrected chi connectivity index (χ0v) is 20.3. The van der Waals surface area contributed by atoms with Crippen LogP contribution < -0.4 is 15.8 Å². The zero-order valence-electron chi connectivity index (χ0n) is 19.4. The van der Waals surface area contributed by atoms with Gasteiger partial charge in [-0.3, -0.25) is 9.59 Å². The van der Waals surface area contributed by atoms with Gasteiger partial charge in [0.2, 0.25) is 10.0 Å². The topological polar surface area (TPSA) is 114 Å². The standard InChI is InChI=1S/C24H27N5O5S/c1-27-24(31)19-7-3-2-6-18(19)22(26-27)23(30)25-20-16-17(8-9-21(20)28-10-4-5-11-28)35(32,33)29-12-14-34-15-13-29/h2-3,6-9,16H,4-5,10-15H2,1H3,(H,25,30). The van der Waals surface area contributed by atoms with Crippen molar-refractivity contribution in [3.8, 4) is 0 Å². The van der Waals surface area contributed by atoms with Crippen molar-refractivity contribution in [3.05, 3.63) is 58.5 Å². The summed E-state index contributed by atoms with van der Waals surface area (Å²) in [5.41, 5.74) is 0.946. The van der Waals surface area contributed by atoms with Crippen LogP contribution in [0.4, 0.5) is 11.4 Å². The Labute approximate surface area is 203 Å². The number of nitrogens with one attached hydrogen (secondary N) is 1. The van der Waals surface area contributed by atoms with E-state index in [1.807, 2.05) is 0 Å². The maximum absolute atomic E-state index is 13.4. The molecular weight excluding hydrogens is 470 g/mol. The van der Waals surface area contributed by atoms with Gasteiger partial charge in [0.15, 0.2) is 5.69 Å². The molecule has 3 aromatic rings. The molecule has 2 saturated heterocycles. The molecule has 2 aliphatic heterocycles. The molecule has 2 fully saturated rings. The van der Waals surface area contributed by atoms with Gasteiger partial charge in [-0.05, 0) is 37.1 Å². The molecule has 3 heterocycles. The van der Waals surface area contributed by atoms with Crippen LogP contribution in [0.25, 0.3) is 10.8 Å². The van der Waals surface area contributed by atoms with E-state index in [0.717, 1.165) is 36.3 Å². The lowest BCUT2D eigenvalue weighted by Crippen LogP contribution is -2.40. The molecule has 0 saturated carbocycles. The molecule has 0 unspecified atom stereocenters. The fourth-order valence-electron chi connectivity index (χ4n) is 4.59. The van der Waals surface area contributed by atoms with Crippen LogP contribution in [0, 0.1) is 0 Å². The van der Waals surface area contributed by atoms with Gasteiger partial charge in [0, 0.05) is 38.6 Å². The Kier molecular flexibility index (Phi) is 6.30. The number of anilines is 2. The molecule has 0 spiro atoms. The number of hydrogen-bond donors (Lipinski definition) is 1. The highest BCUT2D eigenvalue weighted by Gasteiger charge is 2.28.